The van der Waals surface area contributed by atoms with Crippen LogP contribution in [-0.4, -0.2) is 18.1 Å². The number of hydrogen-bond donors (Lipinski definition) is 1. The predicted molar refractivity (Wildman–Crippen MR) is 54.6 cm³/mol. The second-order valence-corrected chi connectivity index (χ2v) is 3.28. The summed E-state index contributed by atoms with van der Waals surface area (Å²) < 4.78 is 4.59. The third-order valence-electron chi connectivity index (χ3n) is 2.02. The van der Waals surface area contributed by atoms with Crippen molar-refractivity contribution in [2.75, 3.05) is 7.11 Å². The minimum Gasteiger partial charge on any atom is -0.464 e. The number of aromatic amines is 1. The fraction of sp³-hybridized carbons (Fsp3) is 0.100. The van der Waals surface area contributed by atoms with Crippen LogP contribution in [0.1, 0.15) is 10.5 Å². The molecule has 2 aromatic rings. The lowest BCUT2D eigenvalue weighted by molar-refractivity contribution is 0.0595. The minimum atomic E-state index is -0.391. The van der Waals surface area contributed by atoms with Gasteiger partial charge in [-0.2, -0.15) is 0 Å². The average Bonchev–Trinajstić information content (AvgIpc) is 2.62. The molecular formula is C10H8ClNO2. The van der Waals surface area contributed by atoms with Crippen molar-refractivity contribution < 1.29 is 9.53 Å². The summed E-state index contributed by atoms with van der Waals surface area (Å²) in [5.74, 6) is -0.391. The number of aromatic nitrogens is 1. The smallest absolute Gasteiger partial charge is 0.354 e. The van der Waals surface area contributed by atoms with Gasteiger partial charge in [0.2, 0.25) is 0 Å². The number of carbonyl (C=O) groups excluding carboxylic acids is 1. The molecule has 4 heteroatoms. The zero-order valence-corrected chi connectivity index (χ0v) is 8.26. The Bertz CT molecular complexity index is 490. The van der Waals surface area contributed by atoms with Gasteiger partial charge in [-0.15, -0.1) is 0 Å². The van der Waals surface area contributed by atoms with Crippen LogP contribution in [0.3, 0.4) is 0 Å². The first-order valence-corrected chi connectivity index (χ1v) is 4.45. The highest BCUT2D eigenvalue weighted by Crippen LogP contribution is 2.23. The molecule has 0 fully saturated rings. The molecule has 0 aliphatic heterocycles. The van der Waals surface area contributed by atoms with Crippen molar-refractivity contribution >= 4 is 28.5 Å². The SMILES string of the molecule is COC(=O)c1cc2c(Cl)cccc2[nH]1. The first kappa shape index (κ1) is 9.09. The zero-order valence-electron chi connectivity index (χ0n) is 7.50. The fourth-order valence-corrected chi connectivity index (χ4v) is 1.57. The Morgan fingerprint density at radius 1 is 1.50 bits per heavy atom. The van der Waals surface area contributed by atoms with Crippen LogP contribution in [0.2, 0.25) is 5.02 Å². The third kappa shape index (κ3) is 1.36. The fourth-order valence-electron chi connectivity index (χ4n) is 1.34. The highest BCUT2D eigenvalue weighted by Gasteiger charge is 2.10. The number of esters is 1. The molecule has 1 heterocycles. The number of H-pyrrole nitrogens is 1. The summed E-state index contributed by atoms with van der Waals surface area (Å²) in [5, 5.41) is 1.45. The van der Waals surface area contributed by atoms with Gasteiger partial charge in [0.1, 0.15) is 5.69 Å². The topological polar surface area (TPSA) is 42.1 Å². The highest BCUT2D eigenvalue weighted by atomic mass is 35.5. The van der Waals surface area contributed by atoms with Gasteiger partial charge in [0.25, 0.3) is 0 Å². The Labute approximate surface area is 85.6 Å². The van der Waals surface area contributed by atoms with Gasteiger partial charge in [-0.3, -0.25) is 0 Å². The van der Waals surface area contributed by atoms with E-state index in [1.54, 1.807) is 12.1 Å². The number of rotatable bonds is 1. The quantitative estimate of drug-likeness (QED) is 0.734. The predicted octanol–water partition coefficient (Wildman–Crippen LogP) is 2.61. The Morgan fingerprint density at radius 2 is 2.29 bits per heavy atom. The van der Waals surface area contributed by atoms with Crippen LogP contribution in [0.5, 0.6) is 0 Å². The van der Waals surface area contributed by atoms with E-state index in [0.29, 0.717) is 10.7 Å². The molecule has 0 aliphatic carbocycles. The molecule has 0 aliphatic rings. The maximum Gasteiger partial charge on any atom is 0.354 e. The van der Waals surface area contributed by atoms with Gasteiger partial charge < -0.3 is 9.72 Å². The largest absolute Gasteiger partial charge is 0.464 e. The number of carbonyl (C=O) groups is 1. The van der Waals surface area contributed by atoms with E-state index in [4.69, 9.17) is 11.6 Å². The van der Waals surface area contributed by atoms with E-state index in [1.807, 2.05) is 12.1 Å². The molecule has 3 nitrogen and oxygen atoms in total. The third-order valence-corrected chi connectivity index (χ3v) is 2.35. The van der Waals surface area contributed by atoms with Crippen LogP contribution in [0.15, 0.2) is 24.3 Å². The maximum atomic E-state index is 11.2. The van der Waals surface area contributed by atoms with Gasteiger partial charge in [0.15, 0.2) is 0 Å². The lowest BCUT2D eigenvalue weighted by atomic mass is 10.2. The normalized spacial score (nSPS) is 10.4. The Hall–Kier alpha value is -1.48. The molecule has 0 unspecified atom stereocenters. The van der Waals surface area contributed by atoms with E-state index >= 15 is 0 Å². The van der Waals surface area contributed by atoms with Gasteiger partial charge in [0.05, 0.1) is 7.11 Å². The van der Waals surface area contributed by atoms with Crippen LogP contribution in [0.4, 0.5) is 0 Å². The van der Waals surface area contributed by atoms with Crippen molar-refractivity contribution in [3.8, 4) is 0 Å². The monoisotopic (exact) mass is 209 g/mol. The molecule has 0 bridgehead atoms. The van der Waals surface area contributed by atoms with Gasteiger partial charge in [-0.25, -0.2) is 4.79 Å². The van der Waals surface area contributed by atoms with Crippen LogP contribution in [-0.2, 0) is 4.74 Å². The van der Waals surface area contributed by atoms with E-state index in [0.717, 1.165) is 10.9 Å². The molecule has 0 radical (unpaired) electrons. The number of benzene rings is 1. The van der Waals surface area contributed by atoms with Crippen molar-refractivity contribution in [3.63, 3.8) is 0 Å². The molecule has 1 N–H and O–H groups in total. The summed E-state index contributed by atoms with van der Waals surface area (Å²) in [6, 6.07) is 7.14. The Morgan fingerprint density at radius 3 is 2.93 bits per heavy atom. The molecule has 0 saturated carbocycles. The maximum absolute atomic E-state index is 11.2. The minimum absolute atomic E-state index is 0.391. The van der Waals surface area contributed by atoms with Crippen molar-refractivity contribution in [2.45, 2.75) is 0 Å². The molecule has 14 heavy (non-hydrogen) atoms. The second kappa shape index (κ2) is 3.35. The lowest BCUT2D eigenvalue weighted by Gasteiger charge is -1.91. The summed E-state index contributed by atoms with van der Waals surface area (Å²) in [6.45, 7) is 0. The second-order valence-electron chi connectivity index (χ2n) is 2.88. The average molecular weight is 210 g/mol. The van der Waals surface area contributed by atoms with E-state index in [2.05, 4.69) is 9.72 Å². The first-order valence-electron chi connectivity index (χ1n) is 4.08. The molecule has 2 rings (SSSR count). The Balaban J connectivity index is 2.62. The number of nitrogens with one attached hydrogen (secondary N) is 1. The number of halogens is 1. The van der Waals surface area contributed by atoms with Gasteiger partial charge >= 0.3 is 5.97 Å². The molecule has 0 atom stereocenters. The van der Waals surface area contributed by atoms with Crippen LogP contribution >= 0.6 is 11.6 Å². The van der Waals surface area contributed by atoms with E-state index < -0.39 is 5.97 Å². The number of methoxy groups -OCH3 is 1. The van der Waals surface area contributed by atoms with Gasteiger partial charge in [0, 0.05) is 15.9 Å². The summed E-state index contributed by atoms with van der Waals surface area (Å²) in [4.78, 5) is 14.1. The summed E-state index contributed by atoms with van der Waals surface area (Å²) in [5.41, 5.74) is 1.24. The number of ether oxygens (including phenoxy) is 1. The van der Waals surface area contributed by atoms with E-state index in [-0.39, 0.29) is 0 Å². The number of hydrogen-bond acceptors (Lipinski definition) is 2. The molecule has 1 aromatic carbocycles. The summed E-state index contributed by atoms with van der Waals surface area (Å²) in [7, 11) is 1.34. The molecule has 1 aromatic heterocycles. The van der Waals surface area contributed by atoms with Crippen LogP contribution < -0.4 is 0 Å². The highest BCUT2D eigenvalue weighted by molar-refractivity contribution is 6.35. The van der Waals surface area contributed by atoms with Gasteiger partial charge in [-0.05, 0) is 18.2 Å². The van der Waals surface area contributed by atoms with Gasteiger partial charge in [-0.1, -0.05) is 17.7 Å². The lowest BCUT2D eigenvalue weighted by Crippen LogP contribution is -2.00. The first-order chi connectivity index (χ1) is 6.72. The molecule has 0 spiro atoms. The van der Waals surface area contributed by atoms with Crippen molar-refractivity contribution in [3.05, 3.63) is 35.0 Å². The van der Waals surface area contributed by atoms with Crippen LogP contribution in [0.25, 0.3) is 10.9 Å². The van der Waals surface area contributed by atoms with E-state index in [9.17, 15) is 4.79 Å². The van der Waals surface area contributed by atoms with Crippen molar-refractivity contribution in [1.82, 2.24) is 4.98 Å². The standard InChI is InChI=1S/C10H8ClNO2/c1-14-10(13)9-5-6-7(11)3-2-4-8(6)12-9/h2-5,12H,1H3. The summed E-state index contributed by atoms with van der Waals surface area (Å²) in [6.07, 6.45) is 0. The molecule has 72 valence electrons. The Kier molecular flexibility index (Phi) is 2.17. The van der Waals surface area contributed by atoms with Crippen LogP contribution in [0, 0.1) is 0 Å². The molecular weight excluding hydrogens is 202 g/mol. The molecule has 0 saturated heterocycles. The number of fused-ring (bicyclic) bond motifs is 1. The van der Waals surface area contributed by atoms with Crippen molar-refractivity contribution in [1.29, 1.82) is 0 Å². The van der Waals surface area contributed by atoms with E-state index in [1.165, 1.54) is 7.11 Å². The zero-order chi connectivity index (χ0) is 10.1. The molecule has 0 amide bonds. The summed E-state index contributed by atoms with van der Waals surface area (Å²) >= 11 is 5.95. The van der Waals surface area contributed by atoms with Crippen molar-refractivity contribution in [2.24, 2.45) is 0 Å².